The average molecular weight is 250 g/mol. The third-order valence-corrected chi connectivity index (χ3v) is 3.16. The highest BCUT2D eigenvalue weighted by Crippen LogP contribution is 2.24. The highest BCUT2D eigenvalue weighted by Gasteiger charge is 2.16. The predicted molar refractivity (Wildman–Crippen MR) is 67.2 cm³/mol. The van der Waals surface area contributed by atoms with Crippen molar-refractivity contribution in [1.82, 2.24) is 9.55 Å². The highest BCUT2D eigenvalue weighted by molar-refractivity contribution is 7.98. The Morgan fingerprint density at radius 3 is 2.41 bits per heavy atom. The van der Waals surface area contributed by atoms with Crippen molar-refractivity contribution < 1.29 is 10.2 Å². The maximum atomic E-state index is 9.42. The van der Waals surface area contributed by atoms with E-state index in [9.17, 15) is 10.2 Å². The van der Waals surface area contributed by atoms with Gasteiger partial charge in [0.15, 0.2) is 5.16 Å². The van der Waals surface area contributed by atoms with Gasteiger partial charge in [-0.15, -0.1) is 0 Å². The van der Waals surface area contributed by atoms with Crippen molar-refractivity contribution >= 4 is 11.8 Å². The fraction of sp³-hybridized carbons (Fsp3) is 0.250. The Bertz CT molecular complexity index is 497. The van der Waals surface area contributed by atoms with Gasteiger partial charge in [-0.2, -0.15) is 0 Å². The maximum absolute atomic E-state index is 9.42. The summed E-state index contributed by atoms with van der Waals surface area (Å²) in [4.78, 5) is 4.31. The second kappa shape index (κ2) is 5.35. The van der Waals surface area contributed by atoms with E-state index in [2.05, 4.69) is 4.98 Å². The molecule has 0 radical (unpaired) electrons. The molecule has 0 aliphatic carbocycles. The van der Waals surface area contributed by atoms with Crippen LogP contribution in [0, 0.1) is 0 Å². The third-order valence-electron chi connectivity index (χ3n) is 2.52. The number of rotatable bonds is 4. The summed E-state index contributed by atoms with van der Waals surface area (Å²) in [5.41, 5.74) is 2.11. The van der Waals surface area contributed by atoms with Gasteiger partial charge in [0, 0.05) is 5.69 Å². The van der Waals surface area contributed by atoms with Gasteiger partial charge in [-0.05, 0) is 18.4 Å². The smallest absolute Gasteiger partial charge is 0.172 e. The van der Waals surface area contributed by atoms with Gasteiger partial charge < -0.3 is 10.2 Å². The van der Waals surface area contributed by atoms with Gasteiger partial charge in [-0.1, -0.05) is 30.0 Å². The minimum absolute atomic E-state index is 0.141. The van der Waals surface area contributed by atoms with Crippen LogP contribution >= 0.6 is 11.8 Å². The first-order valence-electron chi connectivity index (χ1n) is 5.23. The standard InChI is InChI=1S/C12H14N2O2S/c1-17-12-13-10(7-15)11(8-16)14(12)9-5-3-2-4-6-9/h2-6,15-16H,7-8H2,1H3. The van der Waals surface area contributed by atoms with Crippen molar-refractivity contribution in [2.45, 2.75) is 18.4 Å². The van der Waals surface area contributed by atoms with Crippen molar-refractivity contribution in [3.63, 3.8) is 0 Å². The number of para-hydroxylation sites is 1. The maximum Gasteiger partial charge on any atom is 0.172 e. The van der Waals surface area contributed by atoms with Crippen LogP contribution < -0.4 is 0 Å². The molecule has 0 fully saturated rings. The Labute approximate surface area is 104 Å². The lowest BCUT2D eigenvalue weighted by Gasteiger charge is -2.09. The summed E-state index contributed by atoms with van der Waals surface area (Å²) < 4.78 is 1.87. The Morgan fingerprint density at radius 1 is 1.18 bits per heavy atom. The number of hydrogen-bond donors (Lipinski definition) is 2. The molecule has 0 aliphatic heterocycles. The summed E-state index contributed by atoms with van der Waals surface area (Å²) in [6.45, 7) is -0.304. The SMILES string of the molecule is CSc1nc(CO)c(CO)n1-c1ccccc1. The van der Waals surface area contributed by atoms with Crippen LogP contribution in [0.1, 0.15) is 11.4 Å². The lowest BCUT2D eigenvalue weighted by atomic mass is 10.3. The molecule has 0 amide bonds. The Balaban J connectivity index is 2.62. The number of nitrogens with zero attached hydrogens (tertiary/aromatic N) is 2. The first-order valence-corrected chi connectivity index (χ1v) is 6.46. The van der Waals surface area contributed by atoms with Gasteiger partial charge in [0.2, 0.25) is 0 Å². The number of thioether (sulfide) groups is 1. The largest absolute Gasteiger partial charge is 0.390 e. The quantitative estimate of drug-likeness (QED) is 0.809. The van der Waals surface area contributed by atoms with E-state index in [1.165, 1.54) is 11.8 Å². The molecule has 2 rings (SSSR count). The van der Waals surface area contributed by atoms with E-state index >= 15 is 0 Å². The van der Waals surface area contributed by atoms with Gasteiger partial charge >= 0.3 is 0 Å². The predicted octanol–water partition coefficient (Wildman–Crippen LogP) is 1.58. The van der Waals surface area contributed by atoms with Crippen LogP contribution in [0.15, 0.2) is 35.5 Å². The summed E-state index contributed by atoms with van der Waals surface area (Å²) in [5.74, 6) is 0. The zero-order chi connectivity index (χ0) is 12.3. The van der Waals surface area contributed by atoms with Crippen LogP contribution in [0.25, 0.3) is 5.69 Å². The van der Waals surface area contributed by atoms with E-state index in [-0.39, 0.29) is 13.2 Å². The molecule has 0 aliphatic rings. The van der Waals surface area contributed by atoms with Gasteiger partial charge in [0.25, 0.3) is 0 Å². The molecule has 2 N–H and O–H groups in total. The molecule has 1 heterocycles. The first-order chi connectivity index (χ1) is 8.31. The van der Waals surface area contributed by atoms with Gasteiger partial charge in [0.1, 0.15) is 0 Å². The lowest BCUT2D eigenvalue weighted by molar-refractivity contribution is 0.253. The molecule has 90 valence electrons. The second-order valence-corrected chi connectivity index (χ2v) is 4.25. The summed E-state index contributed by atoms with van der Waals surface area (Å²) >= 11 is 1.49. The highest BCUT2D eigenvalue weighted by atomic mass is 32.2. The molecule has 1 aromatic carbocycles. The number of benzene rings is 1. The van der Waals surface area contributed by atoms with E-state index in [1.54, 1.807) is 0 Å². The van der Waals surface area contributed by atoms with Gasteiger partial charge in [-0.3, -0.25) is 4.57 Å². The second-order valence-electron chi connectivity index (χ2n) is 3.48. The van der Waals surface area contributed by atoms with Crippen LogP contribution in [0.3, 0.4) is 0 Å². The van der Waals surface area contributed by atoms with Crippen LogP contribution in [0.4, 0.5) is 0 Å². The molecule has 5 heteroatoms. The molecule has 0 atom stereocenters. The van der Waals surface area contributed by atoms with Crippen molar-refractivity contribution in [1.29, 1.82) is 0 Å². The third kappa shape index (κ3) is 2.22. The number of hydrogen-bond acceptors (Lipinski definition) is 4. The van der Waals surface area contributed by atoms with Gasteiger partial charge in [0.05, 0.1) is 24.6 Å². The molecule has 0 saturated heterocycles. The van der Waals surface area contributed by atoms with E-state index in [1.807, 2.05) is 41.2 Å². The van der Waals surface area contributed by atoms with Crippen LogP contribution in [-0.2, 0) is 13.2 Å². The van der Waals surface area contributed by atoms with Crippen LogP contribution in [0.2, 0.25) is 0 Å². The molecular weight excluding hydrogens is 236 g/mol. The van der Waals surface area contributed by atoms with E-state index in [0.29, 0.717) is 11.4 Å². The van der Waals surface area contributed by atoms with Crippen molar-refractivity contribution in [2.24, 2.45) is 0 Å². The van der Waals surface area contributed by atoms with Crippen LogP contribution in [-0.4, -0.2) is 26.0 Å². The Hall–Kier alpha value is -1.30. The molecule has 4 nitrogen and oxygen atoms in total. The number of aliphatic hydroxyl groups is 2. The molecule has 0 unspecified atom stereocenters. The van der Waals surface area contributed by atoms with E-state index in [4.69, 9.17) is 0 Å². The normalized spacial score (nSPS) is 10.8. The summed E-state index contributed by atoms with van der Waals surface area (Å²) in [5, 5.41) is 19.4. The first kappa shape index (κ1) is 12.2. The number of aliphatic hydroxyl groups excluding tert-OH is 2. The lowest BCUT2D eigenvalue weighted by Crippen LogP contribution is -2.03. The average Bonchev–Trinajstić information content (AvgIpc) is 2.77. The van der Waals surface area contributed by atoms with Crippen molar-refractivity contribution in [2.75, 3.05) is 6.26 Å². The molecule has 0 bridgehead atoms. The Kier molecular flexibility index (Phi) is 3.83. The zero-order valence-electron chi connectivity index (χ0n) is 9.50. The molecule has 17 heavy (non-hydrogen) atoms. The topological polar surface area (TPSA) is 58.3 Å². The minimum Gasteiger partial charge on any atom is -0.390 e. The summed E-state index contributed by atoms with van der Waals surface area (Å²) in [7, 11) is 0. The number of imidazole rings is 1. The van der Waals surface area contributed by atoms with Crippen LogP contribution in [0.5, 0.6) is 0 Å². The van der Waals surface area contributed by atoms with Crippen molar-refractivity contribution in [3.8, 4) is 5.69 Å². The van der Waals surface area contributed by atoms with E-state index in [0.717, 1.165) is 10.8 Å². The molecule has 2 aromatic rings. The summed E-state index contributed by atoms with van der Waals surface area (Å²) in [6, 6.07) is 9.69. The fourth-order valence-electron chi connectivity index (χ4n) is 1.74. The number of aromatic nitrogens is 2. The minimum atomic E-state index is -0.163. The monoisotopic (exact) mass is 250 g/mol. The Morgan fingerprint density at radius 2 is 1.88 bits per heavy atom. The van der Waals surface area contributed by atoms with Gasteiger partial charge in [-0.25, -0.2) is 4.98 Å². The van der Waals surface area contributed by atoms with Crippen molar-refractivity contribution in [3.05, 3.63) is 41.7 Å². The summed E-state index contributed by atoms with van der Waals surface area (Å²) in [6.07, 6.45) is 1.92. The molecule has 1 aromatic heterocycles. The molecule has 0 spiro atoms. The zero-order valence-corrected chi connectivity index (χ0v) is 10.3. The molecular formula is C12H14N2O2S. The fourth-order valence-corrected chi connectivity index (χ4v) is 2.34. The van der Waals surface area contributed by atoms with E-state index < -0.39 is 0 Å². The molecule has 0 saturated carbocycles.